The molecule has 1 aromatic heterocycles. The summed E-state index contributed by atoms with van der Waals surface area (Å²) in [4.78, 5) is 8.57. The van der Waals surface area contributed by atoms with Crippen molar-refractivity contribution in [2.24, 2.45) is 0 Å². The zero-order valence-electron chi connectivity index (χ0n) is 11.5. The molecule has 1 aromatic carbocycles. The Hall–Kier alpha value is -1.61. The molecule has 1 aliphatic heterocycles. The maximum absolute atomic E-state index is 6.25. The van der Waals surface area contributed by atoms with Crippen molar-refractivity contribution >= 4 is 11.6 Å². The molecule has 0 atom stereocenters. The van der Waals surface area contributed by atoms with Crippen LogP contribution in [0.4, 0.5) is 0 Å². The Bertz CT molecular complexity index is 628. The summed E-state index contributed by atoms with van der Waals surface area (Å²) in [5, 5.41) is 0.547. The maximum atomic E-state index is 6.25. The monoisotopic (exact) mass is 288 g/mol. The predicted molar refractivity (Wildman–Crippen MR) is 80.3 cm³/mol. The number of aromatic nitrogens is 2. The summed E-state index contributed by atoms with van der Waals surface area (Å²) >= 11 is 6.25. The van der Waals surface area contributed by atoms with Crippen molar-refractivity contribution in [2.45, 2.75) is 32.6 Å². The average molecular weight is 289 g/mol. The molecule has 2 aromatic rings. The Labute approximate surface area is 124 Å². The van der Waals surface area contributed by atoms with Crippen molar-refractivity contribution in [3.63, 3.8) is 0 Å². The van der Waals surface area contributed by atoms with E-state index in [9.17, 15) is 0 Å². The second kappa shape index (κ2) is 5.80. The number of rotatable bonds is 3. The van der Waals surface area contributed by atoms with Gasteiger partial charge in [-0.05, 0) is 30.9 Å². The lowest BCUT2D eigenvalue weighted by Gasteiger charge is -2.21. The Morgan fingerprint density at radius 2 is 2.20 bits per heavy atom. The molecular weight excluding hydrogens is 272 g/mol. The summed E-state index contributed by atoms with van der Waals surface area (Å²) in [6, 6.07) is 6.25. The van der Waals surface area contributed by atoms with Crippen LogP contribution in [0.2, 0.25) is 5.15 Å². The standard InChI is InChI=1S/C16H17ClN2O/c1-2-5-13-14(18-10-19-16(13)17)12-8-3-6-11-7-4-9-20-15(11)12/h3,6,8,10H,2,4-5,7,9H2,1H3. The molecule has 1 aliphatic rings. The Balaban J connectivity index is 2.16. The average Bonchev–Trinajstić information content (AvgIpc) is 2.49. The van der Waals surface area contributed by atoms with Crippen molar-refractivity contribution in [1.29, 1.82) is 0 Å². The molecule has 2 heterocycles. The smallest absolute Gasteiger partial charge is 0.136 e. The predicted octanol–water partition coefficient (Wildman–Crippen LogP) is 4.07. The molecule has 0 radical (unpaired) electrons. The van der Waals surface area contributed by atoms with E-state index in [4.69, 9.17) is 16.3 Å². The molecule has 0 saturated carbocycles. The van der Waals surface area contributed by atoms with Crippen molar-refractivity contribution < 1.29 is 4.74 Å². The van der Waals surface area contributed by atoms with Crippen LogP contribution in [0.15, 0.2) is 24.5 Å². The van der Waals surface area contributed by atoms with Gasteiger partial charge in [0.05, 0.1) is 12.3 Å². The highest BCUT2D eigenvalue weighted by molar-refractivity contribution is 6.30. The van der Waals surface area contributed by atoms with Crippen LogP contribution < -0.4 is 4.74 Å². The van der Waals surface area contributed by atoms with E-state index in [-0.39, 0.29) is 0 Å². The van der Waals surface area contributed by atoms with Crippen molar-refractivity contribution in [3.05, 3.63) is 40.8 Å². The Morgan fingerprint density at radius 3 is 3.05 bits per heavy atom. The summed E-state index contributed by atoms with van der Waals surface area (Å²) in [6.45, 7) is 2.90. The molecule has 20 heavy (non-hydrogen) atoms. The van der Waals surface area contributed by atoms with Gasteiger partial charge in [0.15, 0.2) is 0 Å². The number of hydrogen-bond donors (Lipinski definition) is 0. The lowest BCUT2D eigenvalue weighted by molar-refractivity contribution is 0.289. The summed E-state index contributed by atoms with van der Waals surface area (Å²) in [5.41, 5.74) is 4.21. The zero-order valence-corrected chi connectivity index (χ0v) is 12.3. The van der Waals surface area contributed by atoms with Gasteiger partial charge in [-0.2, -0.15) is 0 Å². The molecule has 104 valence electrons. The summed E-state index contributed by atoms with van der Waals surface area (Å²) in [6.07, 6.45) is 5.54. The van der Waals surface area contributed by atoms with Crippen molar-refractivity contribution in [1.82, 2.24) is 9.97 Å². The van der Waals surface area contributed by atoms with Gasteiger partial charge < -0.3 is 4.74 Å². The van der Waals surface area contributed by atoms with Gasteiger partial charge in [-0.15, -0.1) is 0 Å². The molecule has 0 unspecified atom stereocenters. The first-order chi connectivity index (χ1) is 9.81. The molecular formula is C16H17ClN2O. The van der Waals surface area contributed by atoms with Gasteiger partial charge in [0.25, 0.3) is 0 Å². The lowest BCUT2D eigenvalue weighted by atomic mass is 9.97. The van der Waals surface area contributed by atoms with Gasteiger partial charge >= 0.3 is 0 Å². The second-order valence-corrected chi connectivity index (χ2v) is 5.35. The fourth-order valence-electron chi connectivity index (χ4n) is 2.67. The maximum Gasteiger partial charge on any atom is 0.136 e. The first-order valence-electron chi connectivity index (χ1n) is 7.05. The topological polar surface area (TPSA) is 35.0 Å². The third-order valence-electron chi connectivity index (χ3n) is 3.58. The summed E-state index contributed by atoms with van der Waals surface area (Å²) in [5.74, 6) is 0.964. The second-order valence-electron chi connectivity index (χ2n) is 4.99. The third kappa shape index (κ3) is 2.38. The van der Waals surface area contributed by atoms with Crippen LogP contribution in [0.25, 0.3) is 11.3 Å². The molecule has 0 N–H and O–H groups in total. The first kappa shape index (κ1) is 13.4. The van der Waals surface area contributed by atoms with Gasteiger partial charge in [0, 0.05) is 11.1 Å². The van der Waals surface area contributed by atoms with Crippen LogP contribution in [0.5, 0.6) is 5.75 Å². The molecule has 3 rings (SSSR count). The van der Waals surface area contributed by atoms with E-state index in [1.807, 2.05) is 0 Å². The first-order valence-corrected chi connectivity index (χ1v) is 7.43. The number of benzene rings is 1. The van der Waals surface area contributed by atoms with Crippen LogP contribution in [0.1, 0.15) is 30.9 Å². The molecule has 0 spiro atoms. The third-order valence-corrected chi connectivity index (χ3v) is 3.91. The highest BCUT2D eigenvalue weighted by atomic mass is 35.5. The minimum atomic E-state index is 0.547. The fraction of sp³-hybridized carbons (Fsp3) is 0.375. The summed E-state index contributed by atoms with van der Waals surface area (Å²) < 4.78 is 5.88. The number of ether oxygens (including phenoxy) is 1. The largest absolute Gasteiger partial charge is 0.493 e. The van der Waals surface area contributed by atoms with E-state index in [1.54, 1.807) is 0 Å². The van der Waals surface area contributed by atoms with Crippen LogP contribution in [0, 0.1) is 0 Å². The van der Waals surface area contributed by atoms with Crippen molar-refractivity contribution in [3.8, 4) is 17.0 Å². The van der Waals surface area contributed by atoms with Crippen LogP contribution >= 0.6 is 11.6 Å². The number of nitrogens with zero attached hydrogens (tertiary/aromatic N) is 2. The SMILES string of the molecule is CCCc1c(Cl)ncnc1-c1cccc2c1OCCC2. The van der Waals surface area contributed by atoms with E-state index in [1.165, 1.54) is 11.9 Å². The van der Waals surface area contributed by atoms with Crippen LogP contribution in [-0.4, -0.2) is 16.6 Å². The quantitative estimate of drug-likeness (QED) is 0.799. The molecule has 0 saturated heterocycles. The highest BCUT2D eigenvalue weighted by Crippen LogP contribution is 2.38. The highest BCUT2D eigenvalue weighted by Gasteiger charge is 2.19. The van der Waals surface area contributed by atoms with E-state index < -0.39 is 0 Å². The fourth-order valence-corrected chi connectivity index (χ4v) is 2.90. The van der Waals surface area contributed by atoms with Gasteiger partial charge in [0.2, 0.25) is 0 Å². The normalized spacial score (nSPS) is 13.7. The molecule has 0 aliphatic carbocycles. The molecule has 0 bridgehead atoms. The van der Waals surface area contributed by atoms with Crippen molar-refractivity contribution in [2.75, 3.05) is 6.61 Å². The van der Waals surface area contributed by atoms with Crippen LogP contribution in [-0.2, 0) is 12.8 Å². The number of halogens is 1. The summed E-state index contributed by atoms with van der Waals surface area (Å²) in [7, 11) is 0. The lowest BCUT2D eigenvalue weighted by Crippen LogP contribution is -2.10. The minimum Gasteiger partial charge on any atom is -0.493 e. The van der Waals surface area contributed by atoms with Gasteiger partial charge in [-0.1, -0.05) is 37.1 Å². The molecule has 0 fully saturated rings. The Morgan fingerprint density at radius 1 is 1.30 bits per heavy atom. The number of para-hydroxylation sites is 1. The molecule has 4 heteroatoms. The van der Waals surface area contributed by atoms with Gasteiger partial charge in [-0.3, -0.25) is 0 Å². The Kier molecular flexibility index (Phi) is 3.88. The van der Waals surface area contributed by atoms with E-state index in [2.05, 4.69) is 35.1 Å². The molecule has 0 amide bonds. The molecule has 3 nitrogen and oxygen atoms in total. The van der Waals surface area contributed by atoms with Crippen LogP contribution in [0.3, 0.4) is 0 Å². The number of fused-ring (bicyclic) bond motifs is 1. The number of aryl methyl sites for hydroxylation is 1. The number of hydrogen-bond acceptors (Lipinski definition) is 3. The van der Waals surface area contributed by atoms with E-state index in [0.29, 0.717) is 5.15 Å². The van der Waals surface area contributed by atoms with E-state index in [0.717, 1.165) is 54.9 Å². The van der Waals surface area contributed by atoms with Gasteiger partial charge in [-0.25, -0.2) is 9.97 Å². The van der Waals surface area contributed by atoms with Gasteiger partial charge in [0.1, 0.15) is 17.2 Å². The minimum absolute atomic E-state index is 0.547. The van der Waals surface area contributed by atoms with E-state index >= 15 is 0 Å². The zero-order chi connectivity index (χ0) is 13.9.